The molecule has 1 saturated heterocycles. The van der Waals surface area contributed by atoms with E-state index in [1.807, 2.05) is 36.4 Å². The highest BCUT2D eigenvalue weighted by Gasteiger charge is 2.61. The molecule has 3 heterocycles. The summed E-state index contributed by atoms with van der Waals surface area (Å²) in [4.78, 5) is 52.6. The lowest BCUT2D eigenvalue weighted by atomic mass is 9.88. The number of non-ortho nitro benzene ring substituents is 1. The first-order valence-corrected chi connectivity index (χ1v) is 18.8. The summed E-state index contributed by atoms with van der Waals surface area (Å²) in [5.41, 5.74) is 1.05. The number of nitrogens with zero attached hydrogens (tertiary/aromatic N) is 2. The van der Waals surface area contributed by atoms with Crippen LogP contribution in [0.5, 0.6) is 0 Å². The molecule has 1 amide bonds. The molecule has 11 nitrogen and oxygen atoms in total. The highest BCUT2D eigenvalue weighted by atomic mass is 32.2. The fourth-order valence-corrected chi connectivity index (χ4v) is 12.7. The number of furan rings is 1. The SMILES string of the molecule is CC(=O)OC(c1ccoc1)C1C(=O)N2C(C(=O)OCc3ccc([N+](=O)[O-])cc3)=C(CO[Si](c3ccccc3)(c3ccccc3)C(C)(C)C)S[C@H]12. The number of benzene rings is 3. The van der Waals surface area contributed by atoms with E-state index >= 15 is 0 Å². The smallest absolute Gasteiger partial charge is 0.356 e. The predicted molar refractivity (Wildman–Crippen MR) is 188 cm³/mol. The standard InChI is InChI=1S/C37H36N2O9SSi/c1-24(40)48-33(26-19-20-45-22-26)31-34(41)38-32(36(42)46-21-25-15-17-27(18-16-25)39(43)44)30(49-35(31)38)23-47-50(37(2,3)4,28-11-7-5-8-12-28)29-13-9-6-10-14-29/h5-20,22,31,33,35H,21,23H2,1-4H3/t31?,33?,35-/m1/s1. The first-order chi connectivity index (χ1) is 23.9. The molecular weight excluding hydrogens is 677 g/mol. The minimum atomic E-state index is -3.05. The summed E-state index contributed by atoms with van der Waals surface area (Å²) >= 11 is 1.31. The highest BCUT2D eigenvalue weighted by molar-refractivity contribution is 8.04. The number of fused-ring (bicyclic) bond motifs is 1. The molecule has 0 radical (unpaired) electrons. The van der Waals surface area contributed by atoms with Gasteiger partial charge in [-0.05, 0) is 39.2 Å². The summed E-state index contributed by atoms with van der Waals surface area (Å²) in [6.07, 6.45) is 1.95. The topological polar surface area (TPSA) is 138 Å². The van der Waals surface area contributed by atoms with Crippen molar-refractivity contribution >= 4 is 54.0 Å². The summed E-state index contributed by atoms with van der Waals surface area (Å²) in [5.74, 6) is -2.50. The molecule has 258 valence electrons. The van der Waals surface area contributed by atoms with Crippen LogP contribution in [0.15, 0.2) is 119 Å². The normalized spacial score (nSPS) is 17.9. The van der Waals surface area contributed by atoms with E-state index in [2.05, 4.69) is 45.0 Å². The number of hydrogen-bond donors (Lipinski definition) is 0. The number of amides is 1. The van der Waals surface area contributed by atoms with Crippen molar-refractivity contribution in [2.75, 3.05) is 6.61 Å². The number of rotatable bonds is 12. The fraction of sp³-hybridized carbons (Fsp3) is 0.270. The third-order valence-electron chi connectivity index (χ3n) is 8.89. The third kappa shape index (κ3) is 6.51. The van der Waals surface area contributed by atoms with Gasteiger partial charge in [-0.25, -0.2) is 4.79 Å². The zero-order chi connectivity index (χ0) is 35.6. The van der Waals surface area contributed by atoms with Crippen LogP contribution in [0.25, 0.3) is 0 Å². The van der Waals surface area contributed by atoms with Gasteiger partial charge in [-0.15, -0.1) is 0 Å². The highest BCUT2D eigenvalue weighted by Crippen LogP contribution is 2.54. The molecule has 2 unspecified atom stereocenters. The minimum Gasteiger partial charge on any atom is -0.472 e. The molecule has 1 fully saturated rings. The number of carbonyl (C=O) groups is 3. The Balaban J connectivity index is 1.36. The van der Waals surface area contributed by atoms with Crippen LogP contribution in [0.3, 0.4) is 0 Å². The lowest BCUT2D eigenvalue weighted by Gasteiger charge is -2.45. The molecular formula is C37H36N2O9SSi. The van der Waals surface area contributed by atoms with Crippen molar-refractivity contribution in [2.45, 2.75) is 50.8 Å². The maximum absolute atomic E-state index is 14.0. The summed E-state index contributed by atoms with van der Waals surface area (Å²) in [5, 5.41) is 12.3. The van der Waals surface area contributed by atoms with E-state index in [4.69, 9.17) is 18.3 Å². The number of thioether (sulfide) groups is 1. The van der Waals surface area contributed by atoms with Crippen LogP contribution in [0, 0.1) is 16.0 Å². The Morgan fingerprint density at radius 3 is 2.10 bits per heavy atom. The van der Waals surface area contributed by atoms with E-state index in [-0.39, 0.29) is 29.6 Å². The van der Waals surface area contributed by atoms with Crippen molar-refractivity contribution in [1.82, 2.24) is 4.90 Å². The molecule has 0 bridgehead atoms. The second-order valence-electron chi connectivity index (χ2n) is 13.1. The van der Waals surface area contributed by atoms with Crippen molar-refractivity contribution in [3.8, 4) is 0 Å². The number of β-lactam (4-membered cyclic amide) rings is 1. The van der Waals surface area contributed by atoms with Crippen LogP contribution in [-0.2, 0) is 34.9 Å². The Labute approximate surface area is 294 Å². The number of ether oxygens (including phenoxy) is 2. The number of esters is 2. The van der Waals surface area contributed by atoms with E-state index in [0.29, 0.717) is 16.0 Å². The van der Waals surface area contributed by atoms with Crippen LogP contribution in [0.2, 0.25) is 5.04 Å². The molecule has 13 heteroatoms. The molecule has 0 spiro atoms. The maximum atomic E-state index is 14.0. The molecule has 0 saturated carbocycles. The Kier molecular flexibility index (Phi) is 9.83. The van der Waals surface area contributed by atoms with Crippen LogP contribution < -0.4 is 10.4 Å². The molecule has 3 atom stereocenters. The van der Waals surface area contributed by atoms with Crippen molar-refractivity contribution in [3.63, 3.8) is 0 Å². The van der Waals surface area contributed by atoms with Gasteiger partial charge in [0.1, 0.15) is 29.7 Å². The third-order valence-corrected chi connectivity index (χ3v) is 15.2. The van der Waals surface area contributed by atoms with Gasteiger partial charge in [-0.2, -0.15) is 0 Å². The monoisotopic (exact) mass is 712 g/mol. The van der Waals surface area contributed by atoms with E-state index in [1.54, 1.807) is 6.07 Å². The largest absolute Gasteiger partial charge is 0.472 e. The Bertz CT molecular complexity index is 1870. The molecule has 0 N–H and O–H groups in total. The van der Waals surface area contributed by atoms with Crippen molar-refractivity contribution in [1.29, 1.82) is 0 Å². The van der Waals surface area contributed by atoms with Crippen LogP contribution >= 0.6 is 11.8 Å². The zero-order valence-electron chi connectivity index (χ0n) is 27.9. The first-order valence-electron chi connectivity index (χ1n) is 16.0. The number of hydrogen-bond acceptors (Lipinski definition) is 10. The maximum Gasteiger partial charge on any atom is 0.356 e. The van der Waals surface area contributed by atoms with Crippen LogP contribution in [0.1, 0.15) is 44.9 Å². The van der Waals surface area contributed by atoms with Crippen molar-refractivity contribution in [2.24, 2.45) is 5.92 Å². The fourth-order valence-electron chi connectivity index (χ4n) is 6.61. The first kappa shape index (κ1) is 34.9. The molecule has 2 aliphatic rings. The molecule has 4 aromatic rings. The average molecular weight is 713 g/mol. The summed E-state index contributed by atoms with van der Waals surface area (Å²) in [6.45, 7) is 7.56. The summed E-state index contributed by atoms with van der Waals surface area (Å²) in [6, 6.07) is 27.5. The average Bonchev–Trinajstić information content (AvgIpc) is 3.75. The van der Waals surface area contributed by atoms with Gasteiger partial charge in [-0.3, -0.25) is 24.6 Å². The number of nitro benzene ring substituents is 1. The summed E-state index contributed by atoms with van der Waals surface area (Å²) in [7, 11) is -3.05. The van der Waals surface area contributed by atoms with E-state index in [9.17, 15) is 24.5 Å². The van der Waals surface area contributed by atoms with Gasteiger partial charge in [0.2, 0.25) is 5.91 Å². The predicted octanol–water partition coefficient (Wildman–Crippen LogP) is 5.85. The van der Waals surface area contributed by atoms with E-state index in [1.165, 1.54) is 60.4 Å². The second-order valence-corrected chi connectivity index (χ2v) is 18.6. The van der Waals surface area contributed by atoms with Crippen LogP contribution in [-0.4, -0.2) is 48.0 Å². The molecule has 6 rings (SSSR count). The Morgan fingerprint density at radius 1 is 0.960 bits per heavy atom. The molecule has 3 aromatic carbocycles. The van der Waals surface area contributed by atoms with Crippen molar-refractivity contribution in [3.05, 3.63) is 135 Å². The van der Waals surface area contributed by atoms with E-state index in [0.717, 1.165) is 10.4 Å². The number of nitro groups is 1. The lowest BCUT2D eigenvalue weighted by Crippen LogP contribution is -2.66. The lowest BCUT2D eigenvalue weighted by molar-refractivity contribution is -0.384. The molecule has 50 heavy (non-hydrogen) atoms. The van der Waals surface area contributed by atoms with Gasteiger partial charge in [0.25, 0.3) is 14.0 Å². The Morgan fingerprint density at radius 2 is 1.58 bits per heavy atom. The molecule has 1 aromatic heterocycles. The quantitative estimate of drug-likeness (QED) is 0.0578. The van der Waals surface area contributed by atoms with Gasteiger partial charge in [0, 0.05) is 29.5 Å². The van der Waals surface area contributed by atoms with Crippen LogP contribution in [0.4, 0.5) is 5.69 Å². The van der Waals surface area contributed by atoms with Gasteiger partial charge in [-0.1, -0.05) is 93.2 Å². The minimum absolute atomic E-state index is 0.0108. The molecule has 0 aliphatic carbocycles. The van der Waals surface area contributed by atoms with Gasteiger partial charge in [0.15, 0.2) is 0 Å². The van der Waals surface area contributed by atoms with Crippen molar-refractivity contribution < 1.29 is 37.6 Å². The van der Waals surface area contributed by atoms with Gasteiger partial charge >= 0.3 is 11.9 Å². The zero-order valence-corrected chi connectivity index (χ0v) is 29.8. The van der Waals surface area contributed by atoms with Gasteiger partial charge in [0.05, 0.1) is 24.1 Å². The second kappa shape index (κ2) is 14.1. The van der Waals surface area contributed by atoms with E-state index < -0.39 is 48.5 Å². The van der Waals surface area contributed by atoms with Gasteiger partial charge < -0.3 is 18.3 Å². The molecule has 2 aliphatic heterocycles. The Hall–Kier alpha value is -4.98. The number of carbonyl (C=O) groups excluding carboxylic acids is 3. The summed E-state index contributed by atoms with van der Waals surface area (Å²) < 4.78 is 23.8.